The van der Waals surface area contributed by atoms with Gasteiger partial charge >= 0.3 is 0 Å². The molecule has 1 aromatic carbocycles. The van der Waals surface area contributed by atoms with Gasteiger partial charge in [0, 0.05) is 16.5 Å². The number of aromatic nitrogens is 2. The molecule has 106 valence electrons. The van der Waals surface area contributed by atoms with Crippen LogP contribution in [0.4, 0.5) is 4.39 Å². The normalized spacial score (nSPS) is 18.6. The molecule has 0 aliphatic carbocycles. The lowest BCUT2D eigenvalue weighted by Crippen LogP contribution is -2.09. The fraction of sp³-hybridized carbons (Fsp3) is 0.429. The van der Waals surface area contributed by atoms with E-state index < -0.39 is 0 Å². The van der Waals surface area contributed by atoms with Gasteiger partial charge in [-0.1, -0.05) is 5.16 Å². The van der Waals surface area contributed by atoms with E-state index >= 15 is 0 Å². The van der Waals surface area contributed by atoms with Crippen LogP contribution < -0.4 is 5.32 Å². The molecule has 6 heteroatoms. The van der Waals surface area contributed by atoms with Gasteiger partial charge in [-0.2, -0.15) is 4.98 Å². The number of halogens is 2. The fourth-order valence-electron chi connectivity index (χ4n) is 2.43. The van der Waals surface area contributed by atoms with Crippen molar-refractivity contribution >= 4 is 15.9 Å². The van der Waals surface area contributed by atoms with E-state index in [1.165, 1.54) is 18.6 Å². The third kappa shape index (κ3) is 3.07. The van der Waals surface area contributed by atoms with Crippen LogP contribution in [0.15, 0.2) is 27.2 Å². The van der Waals surface area contributed by atoms with Crippen LogP contribution >= 0.6 is 15.9 Å². The number of hydrogen-bond donors (Lipinski definition) is 1. The summed E-state index contributed by atoms with van der Waals surface area (Å²) in [6, 6.07) is 4.44. The molecule has 1 fully saturated rings. The van der Waals surface area contributed by atoms with Crippen LogP contribution in [-0.2, 0) is 6.42 Å². The Morgan fingerprint density at radius 1 is 1.45 bits per heavy atom. The Balaban J connectivity index is 1.69. The lowest BCUT2D eigenvalue weighted by Gasteiger charge is -2.04. The molecule has 0 bridgehead atoms. The van der Waals surface area contributed by atoms with Gasteiger partial charge < -0.3 is 9.84 Å². The monoisotopic (exact) mass is 339 g/mol. The van der Waals surface area contributed by atoms with Crippen molar-refractivity contribution in [2.24, 2.45) is 5.92 Å². The Hall–Kier alpha value is -1.27. The molecule has 1 saturated heterocycles. The molecule has 0 saturated carbocycles. The van der Waals surface area contributed by atoms with Crippen molar-refractivity contribution in [2.45, 2.75) is 19.3 Å². The molecule has 20 heavy (non-hydrogen) atoms. The molecule has 1 atom stereocenters. The van der Waals surface area contributed by atoms with E-state index in [0.29, 0.717) is 22.1 Å². The Labute approximate surface area is 124 Å². The Morgan fingerprint density at radius 3 is 3.10 bits per heavy atom. The molecule has 2 heterocycles. The van der Waals surface area contributed by atoms with Gasteiger partial charge in [0.05, 0.1) is 0 Å². The van der Waals surface area contributed by atoms with Gasteiger partial charge in [-0.05, 0) is 66.0 Å². The summed E-state index contributed by atoms with van der Waals surface area (Å²) in [6.45, 7) is 2.17. The molecular formula is C14H15BrFN3O. The zero-order chi connectivity index (χ0) is 13.9. The smallest absolute Gasteiger partial charge is 0.226 e. The number of hydrogen-bond acceptors (Lipinski definition) is 4. The van der Waals surface area contributed by atoms with Gasteiger partial charge in [-0.25, -0.2) is 4.39 Å². The van der Waals surface area contributed by atoms with E-state index in [2.05, 4.69) is 31.4 Å². The molecular weight excluding hydrogens is 325 g/mol. The second kappa shape index (κ2) is 6.01. The topological polar surface area (TPSA) is 51.0 Å². The van der Waals surface area contributed by atoms with Crippen LogP contribution in [0.2, 0.25) is 0 Å². The number of benzene rings is 1. The van der Waals surface area contributed by atoms with Gasteiger partial charge in [0.15, 0.2) is 0 Å². The summed E-state index contributed by atoms with van der Waals surface area (Å²) in [4.78, 5) is 4.38. The van der Waals surface area contributed by atoms with E-state index in [1.807, 2.05) is 0 Å². The van der Waals surface area contributed by atoms with Crippen molar-refractivity contribution in [1.82, 2.24) is 15.5 Å². The molecule has 0 amide bonds. The zero-order valence-corrected chi connectivity index (χ0v) is 12.5. The first-order chi connectivity index (χ1) is 9.72. The first-order valence-electron chi connectivity index (χ1n) is 6.71. The average Bonchev–Trinajstić information content (AvgIpc) is 3.07. The van der Waals surface area contributed by atoms with Crippen molar-refractivity contribution in [3.05, 3.63) is 34.4 Å². The SMILES string of the molecule is Fc1ccc(-c2noc(CCC3CCNC3)n2)c(Br)c1. The largest absolute Gasteiger partial charge is 0.339 e. The van der Waals surface area contributed by atoms with Crippen molar-refractivity contribution in [1.29, 1.82) is 0 Å². The van der Waals surface area contributed by atoms with Gasteiger partial charge in [0.25, 0.3) is 0 Å². The van der Waals surface area contributed by atoms with E-state index in [0.717, 1.165) is 31.5 Å². The Bertz CT molecular complexity index is 596. The van der Waals surface area contributed by atoms with Crippen LogP contribution in [0, 0.1) is 11.7 Å². The maximum absolute atomic E-state index is 13.1. The van der Waals surface area contributed by atoms with Crippen LogP contribution in [0.25, 0.3) is 11.4 Å². The highest BCUT2D eigenvalue weighted by Gasteiger charge is 2.17. The molecule has 0 spiro atoms. The predicted octanol–water partition coefficient (Wildman–Crippen LogP) is 3.18. The van der Waals surface area contributed by atoms with E-state index in [9.17, 15) is 4.39 Å². The third-order valence-electron chi connectivity index (χ3n) is 3.57. The van der Waals surface area contributed by atoms with Crippen molar-refractivity contribution in [3.8, 4) is 11.4 Å². The van der Waals surface area contributed by atoms with E-state index in [1.54, 1.807) is 6.07 Å². The maximum Gasteiger partial charge on any atom is 0.226 e. The van der Waals surface area contributed by atoms with Crippen LogP contribution in [0.1, 0.15) is 18.7 Å². The molecule has 1 aliphatic rings. The quantitative estimate of drug-likeness (QED) is 0.929. The highest BCUT2D eigenvalue weighted by Crippen LogP contribution is 2.27. The number of rotatable bonds is 4. The van der Waals surface area contributed by atoms with E-state index in [4.69, 9.17) is 4.52 Å². The van der Waals surface area contributed by atoms with Gasteiger partial charge in [0.1, 0.15) is 5.82 Å². The summed E-state index contributed by atoms with van der Waals surface area (Å²) in [5.41, 5.74) is 0.740. The highest BCUT2D eigenvalue weighted by atomic mass is 79.9. The number of nitrogens with one attached hydrogen (secondary N) is 1. The zero-order valence-electron chi connectivity index (χ0n) is 10.9. The lowest BCUT2D eigenvalue weighted by atomic mass is 10.0. The predicted molar refractivity (Wildman–Crippen MR) is 76.7 cm³/mol. The minimum Gasteiger partial charge on any atom is -0.339 e. The van der Waals surface area contributed by atoms with Crippen molar-refractivity contribution in [3.63, 3.8) is 0 Å². The fourth-order valence-corrected chi connectivity index (χ4v) is 2.95. The van der Waals surface area contributed by atoms with Crippen LogP contribution in [0.3, 0.4) is 0 Å². The minimum absolute atomic E-state index is 0.293. The molecule has 0 radical (unpaired) electrons. The van der Waals surface area contributed by atoms with Gasteiger partial charge in [-0.15, -0.1) is 0 Å². The Morgan fingerprint density at radius 2 is 2.35 bits per heavy atom. The van der Waals surface area contributed by atoms with Crippen molar-refractivity contribution in [2.75, 3.05) is 13.1 Å². The van der Waals surface area contributed by atoms with Crippen molar-refractivity contribution < 1.29 is 8.91 Å². The number of nitrogens with zero attached hydrogens (tertiary/aromatic N) is 2. The molecule has 3 rings (SSSR count). The first kappa shape index (κ1) is 13.7. The number of aryl methyl sites for hydroxylation is 1. The molecule has 2 aromatic rings. The molecule has 1 aromatic heterocycles. The second-order valence-electron chi connectivity index (χ2n) is 5.03. The third-order valence-corrected chi connectivity index (χ3v) is 4.23. The summed E-state index contributed by atoms with van der Waals surface area (Å²) in [5, 5.41) is 7.31. The molecule has 1 aliphatic heterocycles. The summed E-state index contributed by atoms with van der Waals surface area (Å²) >= 11 is 3.32. The van der Waals surface area contributed by atoms with Gasteiger partial charge in [0.2, 0.25) is 11.7 Å². The minimum atomic E-state index is -0.293. The molecule has 4 nitrogen and oxygen atoms in total. The Kier molecular flexibility index (Phi) is 4.12. The molecule has 1 unspecified atom stereocenters. The summed E-state index contributed by atoms with van der Waals surface area (Å²) in [5.74, 6) is 1.54. The first-order valence-corrected chi connectivity index (χ1v) is 7.50. The van der Waals surface area contributed by atoms with E-state index in [-0.39, 0.29) is 5.82 Å². The highest BCUT2D eigenvalue weighted by molar-refractivity contribution is 9.10. The lowest BCUT2D eigenvalue weighted by molar-refractivity contribution is 0.365. The van der Waals surface area contributed by atoms with Gasteiger partial charge in [-0.3, -0.25) is 0 Å². The summed E-state index contributed by atoms with van der Waals surface area (Å²) in [7, 11) is 0. The summed E-state index contributed by atoms with van der Waals surface area (Å²) in [6.07, 6.45) is 3.06. The standard InChI is InChI=1S/C14H15BrFN3O/c15-12-7-10(16)2-3-11(12)14-18-13(20-19-14)4-1-9-5-6-17-8-9/h2-3,7,9,17H,1,4-6,8H2. The van der Waals surface area contributed by atoms with Crippen LogP contribution in [0.5, 0.6) is 0 Å². The average molecular weight is 340 g/mol. The summed E-state index contributed by atoms with van der Waals surface area (Å²) < 4.78 is 19.0. The maximum atomic E-state index is 13.1. The van der Waals surface area contributed by atoms with Crippen LogP contribution in [-0.4, -0.2) is 23.2 Å². The molecule has 1 N–H and O–H groups in total. The second-order valence-corrected chi connectivity index (χ2v) is 5.89.